The van der Waals surface area contributed by atoms with Gasteiger partial charge in [-0.1, -0.05) is 42.5 Å². The number of phenolic OH excluding ortho intramolecular Hbond substituents is 1. The number of nitrogens with one attached hydrogen (secondary N) is 2. The van der Waals surface area contributed by atoms with E-state index in [0.29, 0.717) is 24.1 Å². The number of primary amides is 1. The minimum absolute atomic E-state index is 0.0636. The molecule has 10 nitrogen and oxygen atoms in total. The summed E-state index contributed by atoms with van der Waals surface area (Å²) in [5.41, 5.74) is 5.48. The van der Waals surface area contributed by atoms with E-state index in [-0.39, 0.29) is 24.6 Å². The van der Waals surface area contributed by atoms with Gasteiger partial charge in [0.1, 0.15) is 23.4 Å². The van der Waals surface area contributed by atoms with Crippen LogP contribution in [0.25, 0.3) is 10.8 Å². The molecule has 4 amide bonds. The number of rotatable bonds is 10. The van der Waals surface area contributed by atoms with Gasteiger partial charge in [0.15, 0.2) is 0 Å². The Morgan fingerprint density at radius 1 is 1.00 bits per heavy atom. The van der Waals surface area contributed by atoms with Crippen LogP contribution in [0.5, 0.6) is 5.75 Å². The molecule has 216 valence electrons. The van der Waals surface area contributed by atoms with Gasteiger partial charge in [0.05, 0.1) is 0 Å². The van der Waals surface area contributed by atoms with E-state index in [4.69, 9.17) is 10.5 Å². The Hall–Kier alpha value is -4.60. The predicted molar refractivity (Wildman–Crippen MR) is 155 cm³/mol. The fourth-order valence-corrected chi connectivity index (χ4v) is 4.66. The third-order valence-corrected chi connectivity index (χ3v) is 6.59. The van der Waals surface area contributed by atoms with Crippen LogP contribution in [0.3, 0.4) is 0 Å². The molecule has 0 aromatic heterocycles. The molecule has 4 rings (SSSR count). The summed E-state index contributed by atoms with van der Waals surface area (Å²) in [5.74, 6) is -1.74. The van der Waals surface area contributed by atoms with Crippen LogP contribution < -0.4 is 16.4 Å². The number of fused-ring (bicyclic) bond motifs is 1. The van der Waals surface area contributed by atoms with Crippen molar-refractivity contribution in [3.8, 4) is 5.75 Å². The smallest absolute Gasteiger partial charge is 0.408 e. The molecule has 10 heteroatoms. The second kappa shape index (κ2) is 12.3. The van der Waals surface area contributed by atoms with E-state index in [9.17, 15) is 24.3 Å². The quantitative estimate of drug-likeness (QED) is 0.289. The minimum Gasteiger partial charge on any atom is -0.508 e. The Kier molecular flexibility index (Phi) is 8.80. The largest absolute Gasteiger partial charge is 0.508 e. The summed E-state index contributed by atoms with van der Waals surface area (Å²) in [7, 11) is 0. The first-order valence-corrected chi connectivity index (χ1v) is 13.6. The van der Waals surface area contributed by atoms with Gasteiger partial charge in [-0.3, -0.25) is 14.4 Å². The summed E-state index contributed by atoms with van der Waals surface area (Å²) in [5, 5.41) is 17.7. The van der Waals surface area contributed by atoms with Crippen molar-refractivity contribution < 1.29 is 29.0 Å². The van der Waals surface area contributed by atoms with Gasteiger partial charge in [0, 0.05) is 18.2 Å². The number of hydrogen-bond donors (Lipinski definition) is 4. The first-order valence-electron chi connectivity index (χ1n) is 13.6. The van der Waals surface area contributed by atoms with Gasteiger partial charge in [-0.2, -0.15) is 0 Å². The van der Waals surface area contributed by atoms with Crippen molar-refractivity contribution in [3.05, 3.63) is 72.3 Å². The van der Waals surface area contributed by atoms with Gasteiger partial charge >= 0.3 is 6.09 Å². The maximum atomic E-state index is 14.1. The van der Waals surface area contributed by atoms with Crippen LogP contribution in [0.1, 0.15) is 58.1 Å². The fourth-order valence-electron chi connectivity index (χ4n) is 4.66. The lowest BCUT2D eigenvalue weighted by Gasteiger charge is -2.34. The molecule has 3 aromatic carbocycles. The highest BCUT2D eigenvalue weighted by molar-refractivity contribution is 6.00. The molecule has 1 fully saturated rings. The number of aromatic hydroxyl groups is 1. The first kappa shape index (κ1) is 29.4. The van der Waals surface area contributed by atoms with E-state index >= 15 is 0 Å². The molecule has 1 aliphatic carbocycles. The second-order valence-electron chi connectivity index (χ2n) is 11.2. The topological polar surface area (TPSA) is 151 Å². The molecular formula is C31H36N4O6. The van der Waals surface area contributed by atoms with Crippen LogP contribution in [-0.2, 0) is 19.1 Å². The number of amides is 4. The Balaban J connectivity index is 1.69. The van der Waals surface area contributed by atoms with Crippen molar-refractivity contribution in [2.75, 3.05) is 5.32 Å². The highest BCUT2D eigenvalue weighted by atomic mass is 16.6. The maximum Gasteiger partial charge on any atom is 0.408 e. The fraction of sp³-hybridized carbons (Fsp3) is 0.355. The number of hydrogen-bond acceptors (Lipinski definition) is 6. The SMILES string of the molecule is CC(C)(C)OC(=O)NC(CCC(N)=O)C(=O)N(C1CC1)C(C(=O)Nc1ccc2ccccc2c1)c1cccc(O)c1. The summed E-state index contributed by atoms with van der Waals surface area (Å²) in [6.07, 6.45) is 0.240. The van der Waals surface area contributed by atoms with Crippen LogP contribution >= 0.6 is 0 Å². The third kappa shape index (κ3) is 7.97. The Labute approximate surface area is 238 Å². The molecule has 0 spiro atoms. The average molecular weight is 561 g/mol. The molecule has 1 saturated carbocycles. The molecule has 0 aliphatic heterocycles. The second-order valence-corrected chi connectivity index (χ2v) is 11.2. The molecular weight excluding hydrogens is 524 g/mol. The van der Waals surface area contributed by atoms with Crippen molar-refractivity contribution in [1.29, 1.82) is 0 Å². The summed E-state index contributed by atoms with van der Waals surface area (Å²) in [6, 6.07) is 16.8. The highest BCUT2D eigenvalue weighted by Crippen LogP contribution is 2.37. The van der Waals surface area contributed by atoms with Gasteiger partial charge in [-0.05, 0) is 80.6 Å². The first-order chi connectivity index (χ1) is 19.4. The highest BCUT2D eigenvalue weighted by Gasteiger charge is 2.44. The van der Waals surface area contributed by atoms with Crippen molar-refractivity contribution in [3.63, 3.8) is 0 Å². The molecule has 0 heterocycles. The van der Waals surface area contributed by atoms with Gasteiger partial charge < -0.3 is 31.1 Å². The van der Waals surface area contributed by atoms with E-state index in [1.807, 2.05) is 36.4 Å². The van der Waals surface area contributed by atoms with Crippen molar-refractivity contribution in [2.24, 2.45) is 5.73 Å². The van der Waals surface area contributed by atoms with Crippen LogP contribution in [0.2, 0.25) is 0 Å². The molecule has 1 aliphatic rings. The molecule has 3 aromatic rings. The lowest BCUT2D eigenvalue weighted by atomic mass is 10.0. The van der Waals surface area contributed by atoms with Crippen molar-refractivity contribution in [1.82, 2.24) is 10.2 Å². The number of nitrogens with zero attached hydrogens (tertiary/aromatic N) is 1. The van der Waals surface area contributed by atoms with Crippen molar-refractivity contribution in [2.45, 2.75) is 70.2 Å². The van der Waals surface area contributed by atoms with Crippen LogP contribution in [0.15, 0.2) is 66.7 Å². The van der Waals surface area contributed by atoms with E-state index < -0.39 is 41.5 Å². The lowest BCUT2D eigenvalue weighted by molar-refractivity contribution is -0.141. The Bertz CT molecular complexity index is 1450. The van der Waals surface area contributed by atoms with Gasteiger partial charge in [0.25, 0.3) is 5.91 Å². The minimum atomic E-state index is -1.17. The number of benzene rings is 3. The number of nitrogens with two attached hydrogens (primary N) is 1. The van der Waals surface area contributed by atoms with Crippen LogP contribution in [0, 0.1) is 0 Å². The van der Waals surface area contributed by atoms with Gasteiger partial charge in [0.2, 0.25) is 11.8 Å². The number of anilines is 1. The third-order valence-electron chi connectivity index (χ3n) is 6.59. The Morgan fingerprint density at radius 3 is 2.34 bits per heavy atom. The molecule has 0 radical (unpaired) electrons. The zero-order valence-electron chi connectivity index (χ0n) is 23.4. The standard InChI is InChI=1S/C31H36N4O6/c1-31(2,3)41-30(40)34-25(15-16-26(32)37)29(39)35(23-13-14-23)27(21-9-6-10-24(36)18-21)28(38)33-22-12-11-19-7-4-5-8-20(19)17-22/h4-12,17-18,23,25,27,36H,13-16H2,1-3H3,(H2,32,37)(H,33,38)(H,34,40). The molecule has 0 saturated heterocycles. The number of carbonyl (C=O) groups excluding carboxylic acids is 4. The monoisotopic (exact) mass is 560 g/mol. The maximum absolute atomic E-state index is 14.1. The number of ether oxygens (including phenoxy) is 1. The van der Waals surface area contributed by atoms with E-state index in [1.165, 1.54) is 17.0 Å². The lowest BCUT2D eigenvalue weighted by Crippen LogP contribution is -2.53. The molecule has 5 N–H and O–H groups in total. The van der Waals surface area contributed by atoms with E-state index in [2.05, 4.69) is 10.6 Å². The summed E-state index contributed by atoms with van der Waals surface area (Å²) in [4.78, 5) is 53.8. The molecule has 41 heavy (non-hydrogen) atoms. The van der Waals surface area contributed by atoms with E-state index in [1.54, 1.807) is 39.0 Å². The molecule has 0 bridgehead atoms. The van der Waals surface area contributed by atoms with Crippen LogP contribution in [0.4, 0.5) is 10.5 Å². The summed E-state index contributed by atoms with van der Waals surface area (Å²) in [6.45, 7) is 5.08. The summed E-state index contributed by atoms with van der Waals surface area (Å²) < 4.78 is 5.35. The zero-order valence-corrected chi connectivity index (χ0v) is 23.4. The normalized spacial score (nSPS) is 14.5. The van der Waals surface area contributed by atoms with E-state index in [0.717, 1.165) is 10.8 Å². The van der Waals surface area contributed by atoms with Gasteiger partial charge in [-0.25, -0.2) is 4.79 Å². The zero-order chi connectivity index (χ0) is 29.7. The molecule has 2 unspecified atom stereocenters. The van der Waals surface area contributed by atoms with Gasteiger partial charge in [-0.15, -0.1) is 0 Å². The predicted octanol–water partition coefficient (Wildman–Crippen LogP) is 4.38. The number of phenols is 1. The molecule has 2 atom stereocenters. The van der Waals surface area contributed by atoms with Crippen molar-refractivity contribution >= 4 is 40.3 Å². The number of alkyl carbamates (subject to hydrolysis) is 1. The summed E-state index contributed by atoms with van der Waals surface area (Å²) >= 11 is 0. The average Bonchev–Trinajstić information content (AvgIpc) is 3.73. The number of carbonyl (C=O) groups is 4. The van der Waals surface area contributed by atoms with Crippen LogP contribution in [-0.4, -0.2) is 51.5 Å². The Morgan fingerprint density at radius 2 is 1.71 bits per heavy atom.